The summed E-state index contributed by atoms with van der Waals surface area (Å²) < 4.78 is 49.2. The number of nitrogens with zero attached hydrogens (tertiary/aromatic N) is 5. The fourth-order valence-electron chi connectivity index (χ4n) is 6.23. The van der Waals surface area contributed by atoms with Gasteiger partial charge in [-0.05, 0) is 93.4 Å². The smallest absolute Gasteiger partial charge is 0.303 e. The number of likely N-dealkylation sites (tertiary alicyclic amines) is 1. The molecule has 3 aliphatic rings. The Labute approximate surface area is 240 Å². The number of hydrogen-bond acceptors (Lipinski definition) is 7. The van der Waals surface area contributed by atoms with Crippen molar-refractivity contribution in [3.63, 3.8) is 0 Å². The van der Waals surface area contributed by atoms with E-state index in [0.717, 1.165) is 92.2 Å². The van der Waals surface area contributed by atoms with E-state index in [4.69, 9.17) is 14.8 Å². The highest BCUT2D eigenvalue weighted by atomic mass is 32.2. The van der Waals surface area contributed by atoms with Gasteiger partial charge in [-0.2, -0.15) is 17.8 Å². The minimum absolute atomic E-state index is 0.0215. The second kappa shape index (κ2) is 11.4. The largest absolute Gasteiger partial charge is 0.381 e. The molecule has 1 saturated carbocycles. The van der Waals surface area contributed by atoms with Crippen LogP contribution < -0.4 is 4.72 Å². The van der Waals surface area contributed by atoms with Gasteiger partial charge in [0, 0.05) is 44.7 Å². The zero-order valence-electron chi connectivity index (χ0n) is 23.6. The molecule has 1 amide bonds. The molecule has 220 valence electrons. The van der Waals surface area contributed by atoms with Crippen LogP contribution in [0.3, 0.4) is 0 Å². The summed E-state index contributed by atoms with van der Waals surface area (Å²) in [4.78, 5) is 20.6. The zero-order chi connectivity index (χ0) is 28.7. The van der Waals surface area contributed by atoms with Crippen LogP contribution in [0.25, 0.3) is 16.7 Å². The topological polar surface area (TPSA) is 110 Å². The zero-order valence-corrected chi connectivity index (χ0v) is 24.4. The molecule has 0 bridgehead atoms. The van der Waals surface area contributed by atoms with Crippen molar-refractivity contribution in [2.24, 2.45) is 0 Å². The third-order valence-electron chi connectivity index (χ3n) is 8.87. The number of piperidine rings is 1. The highest BCUT2D eigenvalue weighted by Crippen LogP contribution is 2.43. The van der Waals surface area contributed by atoms with Crippen molar-refractivity contribution in [1.29, 1.82) is 0 Å². The monoisotopic (exact) mass is 584 g/mol. The molecule has 10 nitrogen and oxygen atoms in total. The molecule has 1 aliphatic carbocycles. The number of carbonyl (C=O) groups is 1. The standard InChI is InChI=1S/C29H37FN6O4S/c1-34(2)41(38,39)33-29(37)25-18-24(19-10-14-35(15-11-19)22-12-16-40-17-13-22)26-27(20-4-3-5-20)32-36(28(26)31-25)23-8-6-21(30)7-9-23/h6-9,18-20,22H,3-5,10-17H2,1-2H3,(H,33,37). The lowest BCUT2D eigenvalue weighted by molar-refractivity contribution is 0.0252. The first kappa shape index (κ1) is 28.2. The van der Waals surface area contributed by atoms with Gasteiger partial charge in [-0.25, -0.2) is 18.8 Å². The van der Waals surface area contributed by atoms with E-state index in [1.807, 2.05) is 0 Å². The van der Waals surface area contributed by atoms with Crippen molar-refractivity contribution in [3.8, 4) is 5.69 Å². The van der Waals surface area contributed by atoms with E-state index >= 15 is 0 Å². The normalized spacial score (nSPS) is 20.0. The lowest BCUT2D eigenvalue weighted by atomic mass is 9.79. The minimum atomic E-state index is -4.01. The SMILES string of the molecule is CN(C)S(=O)(=O)NC(=O)c1cc(C2CCN(C3CCOCC3)CC2)c2c(C3CCC3)nn(-c3ccc(F)cc3)c2n1. The second-order valence-electron chi connectivity index (χ2n) is 11.6. The Bertz CT molecular complexity index is 1520. The summed E-state index contributed by atoms with van der Waals surface area (Å²) in [6.45, 7) is 3.50. The number of pyridine rings is 1. The molecule has 0 unspecified atom stereocenters. The number of halogens is 1. The van der Waals surface area contributed by atoms with Crippen LogP contribution in [0, 0.1) is 5.82 Å². The van der Waals surface area contributed by atoms with Gasteiger partial charge in [0.05, 0.1) is 11.4 Å². The molecule has 41 heavy (non-hydrogen) atoms. The van der Waals surface area contributed by atoms with Crippen LogP contribution in [0.4, 0.5) is 4.39 Å². The molecule has 0 radical (unpaired) electrons. The molecule has 0 atom stereocenters. The van der Waals surface area contributed by atoms with Crippen LogP contribution in [-0.4, -0.2) is 84.7 Å². The lowest BCUT2D eigenvalue weighted by Crippen LogP contribution is -2.43. The van der Waals surface area contributed by atoms with E-state index in [1.54, 1.807) is 22.9 Å². The van der Waals surface area contributed by atoms with Gasteiger partial charge < -0.3 is 9.64 Å². The first-order valence-corrected chi connectivity index (χ1v) is 15.9. The number of ether oxygens (including phenoxy) is 1. The summed E-state index contributed by atoms with van der Waals surface area (Å²) in [5, 5.41) is 5.95. The summed E-state index contributed by atoms with van der Waals surface area (Å²) in [7, 11) is -1.29. The van der Waals surface area contributed by atoms with Crippen molar-refractivity contribution >= 4 is 27.1 Å². The van der Waals surface area contributed by atoms with Crippen LogP contribution in [0.5, 0.6) is 0 Å². The van der Waals surface area contributed by atoms with Crippen LogP contribution in [0.1, 0.15) is 78.5 Å². The van der Waals surface area contributed by atoms with Crippen molar-refractivity contribution in [2.45, 2.75) is 62.8 Å². The third kappa shape index (κ3) is 5.62. The molecule has 6 rings (SSSR count). The van der Waals surface area contributed by atoms with E-state index in [-0.39, 0.29) is 23.3 Å². The predicted molar refractivity (Wildman–Crippen MR) is 153 cm³/mol. The molecule has 4 heterocycles. The average molecular weight is 585 g/mol. The molecule has 3 fully saturated rings. The number of hydrogen-bond donors (Lipinski definition) is 1. The number of amides is 1. The van der Waals surface area contributed by atoms with Crippen LogP contribution in [-0.2, 0) is 14.9 Å². The maximum atomic E-state index is 13.8. The number of rotatable bonds is 7. The van der Waals surface area contributed by atoms with Crippen LogP contribution in [0.15, 0.2) is 30.3 Å². The Morgan fingerprint density at radius 3 is 2.32 bits per heavy atom. The second-order valence-corrected chi connectivity index (χ2v) is 13.5. The summed E-state index contributed by atoms with van der Waals surface area (Å²) in [5.41, 5.74) is 3.10. The quantitative estimate of drug-likeness (QED) is 0.451. The van der Waals surface area contributed by atoms with E-state index in [2.05, 4.69) is 9.62 Å². The fraction of sp³-hybridized carbons (Fsp3) is 0.552. The first-order valence-electron chi connectivity index (χ1n) is 14.5. The molecule has 0 spiro atoms. The maximum absolute atomic E-state index is 13.8. The Hall–Kier alpha value is -2.93. The van der Waals surface area contributed by atoms with Gasteiger partial charge in [0.2, 0.25) is 0 Å². The van der Waals surface area contributed by atoms with E-state index < -0.39 is 16.1 Å². The maximum Gasteiger partial charge on any atom is 0.303 e. The van der Waals surface area contributed by atoms with E-state index in [0.29, 0.717) is 17.4 Å². The van der Waals surface area contributed by atoms with Gasteiger partial charge in [0.25, 0.3) is 5.91 Å². The molecule has 1 aromatic carbocycles. The van der Waals surface area contributed by atoms with Gasteiger partial charge in [0.1, 0.15) is 11.5 Å². The molecular formula is C29H37FN6O4S. The van der Waals surface area contributed by atoms with Gasteiger partial charge >= 0.3 is 10.2 Å². The van der Waals surface area contributed by atoms with Crippen LogP contribution >= 0.6 is 0 Å². The Balaban J connectivity index is 1.44. The highest BCUT2D eigenvalue weighted by molar-refractivity contribution is 7.87. The Morgan fingerprint density at radius 2 is 1.71 bits per heavy atom. The number of benzene rings is 1. The van der Waals surface area contributed by atoms with Gasteiger partial charge in [0.15, 0.2) is 5.65 Å². The van der Waals surface area contributed by atoms with Gasteiger partial charge in [-0.3, -0.25) is 4.79 Å². The number of nitrogens with one attached hydrogen (secondary N) is 1. The Morgan fingerprint density at radius 1 is 1.02 bits per heavy atom. The number of fused-ring (bicyclic) bond motifs is 1. The van der Waals surface area contributed by atoms with E-state index in [1.165, 1.54) is 26.2 Å². The molecule has 1 N–H and O–H groups in total. The summed E-state index contributed by atoms with van der Waals surface area (Å²) in [6.07, 6.45) is 7.11. The predicted octanol–water partition coefficient (Wildman–Crippen LogP) is 3.72. The number of aromatic nitrogens is 3. The summed E-state index contributed by atoms with van der Waals surface area (Å²) in [5.74, 6) is -0.698. The van der Waals surface area contributed by atoms with Crippen molar-refractivity contribution in [1.82, 2.24) is 28.7 Å². The summed E-state index contributed by atoms with van der Waals surface area (Å²) in [6, 6.07) is 8.34. The molecular weight excluding hydrogens is 547 g/mol. The average Bonchev–Trinajstić information content (AvgIpc) is 3.31. The van der Waals surface area contributed by atoms with Gasteiger partial charge in [-0.1, -0.05) is 6.42 Å². The van der Waals surface area contributed by atoms with Gasteiger partial charge in [-0.15, -0.1) is 0 Å². The molecule has 2 aliphatic heterocycles. The minimum Gasteiger partial charge on any atom is -0.381 e. The highest BCUT2D eigenvalue weighted by Gasteiger charge is 2.34. The molecule has 2 saturated heterocycles. The Kier molecular flexibility index (Phi) is 7.84. The third-order valence-corrected chi connectivity index (χ3v) is 10.3. The molecule has 12 heteroatoms. The van der Waals surface area contributed by atoms with Crippen molar-refractivity contribution < 1.29 is 22.3 Å². The fourth-order valence-corrected chi connectivity index (χ4v) is 6.75. The van der Waals surface area contributed by atoms with Crippen molar-refractivity contribution in [3.05, 3.63) is 53.1 Å². The van der Waals surface area contributed by atoms with E-state index in [9.17, 15) is 17.6 Å². The van der Waals surface area contributed by atoms with Crippen LogP contribution in [0.2, 0.25) is 0 Å². The number of carbonyl (C=O) groups excluding carboxylic acids is 1. The molecule has 3 aromatic rings. The van der Waals surface area contributed by atoms with Crippen molar-refractivity contribution in [2.75, 3.05) is 40.4 Å². The first-order chi connectivity index (χ1) is 19.7. The lowest BCUT2D eigenvalue weighted by Gasteiger charge is -2.39. The molecule has 2 aromatic heterocycles. The summed E-state index contributed by atoms with van der Waals surface area (Å²) >= 11 is 0.